The monoisotopic (exact) mass is 372 g/mol. The zero-order valence-corrected chi connectivity index (χ0v) is 15.0. The Kier molecular flexibility index (Phi) is 4.14. The predicted octanol–water partition coefficient (Wildman–Crippen LogP) is 2.35. The molecule has 0 radical (unpaired) electrons. The molecular formula is C17H17ClN6O2. The van der Waals surface area contributed by atoms with E-state index in [1.165, 1.54) is 0 Å². The quantitative estimate of drug-likeness (QED) is 0.561. The number of imidazole rings is 1. The Hall–Kier alpha value is -2.84. The number of H-pyrrole nitrogens is 1. The Balaban J connectivity index is 2.04. The second-order valence-corrected chi connectivity index (χ2v) is 6.22. The summed E-state index contributed by atoms with van der Waals surface area (Å²) in [5, 5.41) is 17.8. The second-order valence-electron chi connectivity index (χ2n) is 5.81. The number of ether oxygens (including phenoxy) is 1. The number of aromatic nitrogens is 6. The van der Waals surface area contributed by atoms with E-state index >= 15 is 0 Å². The van der Waals surface area contributed by atoms with Gasteiger partial charge in [-0.2, -0.15) is 5.10 Å². The van der Waals surface area contributed by atoms with Crippen LogP contribution in [-0.4, -0.2) is 48.1 Å². The molecule has 134 valence electrons. The van der Waals surface area contributed by atoms with Gasteiger partial charge in [-0.15, -0.1) is 0 Å². The lowest BCUT2D eigenvalue weighted by atomic mass is 10.2. The van der Waals surface area contributed by atoms with Crippen molar-refractivity contribution in [3.8, 4) is 23.0 Å². The van der Waals surface area contributed by atoms with Crippen LogP contribution in [0.15, 0.2) is 30.9 Å². The lowest BCUT2D eigenvalue weighted by Gasteiger charge is -2.05. The van der Waals surface area contributed by atoms with E-state index in [2.05, 4.69) is 20.2 Å². The highest BCUT2D eigenvalue weighted by Crippen LogP contribution is 2.39. The minimum Gasteiger partial charge on any atom is -0.495 e. The van der Waals surface area contributed by atoms with Crippen LogP contribution < -0.4 is 4.74 Å². The number of nitrogens with zero attached hydrogens (tertiary/aromatic N) is 5. The number of fused-ring (bicyclic) bond motifs is 1. The molecule has 3 aromatic heterocycles. The zero-order chi connectivity index (χ0) is 18.3. The van der Waals surface area contributed by atoms with E-state index in [9.17, 15) is 0 Å². The van der Waals surface area contributed by atoms with Crippen molar-refractivity contribution in [2.75, 3.05) is 13.7 Å². The maximum Gasteiger partial charge on any atom is 0.199 e. The van der Waals surface area contributed by atoms with Crippen molar-refractivity contribution in [1.29, 1.82) is 0 Å². The Labute approximate surface area is 154 Å². The van der Waals surface area contributed by atoms with E-state index in [1.807, 2.05) is 34.5 Å². The lowest BCUT2D eigenvalue weighted by Crippen LogP contribution is -1.98. The zero-order valence-electron chi connectivity index (χ0n) is 14.3. The summed E-state index contributed by atoms with van der Waals surface area (Å²) < 4.78 is 9.28. The van der Waals surface area contributed by atoms with Crippen molar-refractivity contribution in [3.63, 3.8) is 0 Å². The third-order valence-electron chi connectivity index (χ3n) is 4.30. The van der Waals surface area contributed by atoms with Crippen LogP contribution in [0, 0.1) is 0 Å². The van der Waals surface area contributed by atoms with Crippen LogP contribution in [0.4, 0.5) is 0 Å². The first kappa shape index (κ1) is 16.6. The highest BCUT2D eigenvalue weighted by Gasteiger charge is 2.23. The first-order chi connectivity index (χ1) is 12.6. The van der Waals surface area contributed by atoms with Gasteiger partial charge in [0, 0.05) is 31.2 Å². The standard InChI is InChI=1S/C17H17ClN6O2/c1-23-12-8-11(18)13(26-2)7-10(12)15(24-5-4-19-9-24)16(23)17-20-14(3-6-25)21-22-17/h4-5,7-9,25H,3,6H2,1-2H3,(H,20,21,22). The fourth-order valence-corrected chi connectivity index (χ4v) is 3.34. The Bertz CT molecular complexity index is 1070. The van der Waals surface area contributed by atoms with Crippen molar-refractivity contribution in [1.82, 2.24) is 29.3 Å². The summed E-state index contributed by atoms with van der Waals surface area (Å²) in [7, 11) is 3.52. The third-order valence-corrected chi connectivity index (χ3v) is 4.60. The molecular weight excluding hydrogens is 356 g/mol. The number of rotatable bonds is 5. The number of aliphatic hydroxyl groups is 1. The van der Waals surface area contributed by atoms with Gasteiger partial charge in [0.2, 0.25) is 0 Å². The smallest absolute Gasteiger partial charge is 0.199 e. The van der Waals surface area contributed by atoms with Gasteiger partial charge in [-0.1, -0.05) is 11.6 Å². The Morgan fingerprint density at radius 3 is 2.88 bits per heavy atom. The molecule has 0 bridgehead atoms. The third kappa shape index (κ3) is 2.54. The number of hydrogen-bond acceptors (Lipinski definition) is 5. The molecule has 0 fully saturated rings. The van der Waals surface area contributed by atoms with E-state index in [0.29, 0.717) is 28.8 Å². The molecule has 0 aliphatic rings. The predicted molar refractivity (Wildman–Crippen MR) is 97.8 cm³/mol. The van der Waals surface area contributed by atoms with Crippen LogP contribution in [0.25, 0.3) is 28.1 Å². The van der Waals surface area contributed by atoms with Crippen LogP contribution in [0.1, 0.15) is 5.82 Å². The summed E-state index contributed by atoms with van der Waals surface area (Å²) in [6.45, 7) is 0.00489. The van der Waals surface area contributed by atoms with Crippen molar-refractivity contribution in [2.24, 2.45) is 7.05 Å². The number of benzene rings is 1. The fraction of sp³-hybridized carbons (Fsp3) is 0.235. The van der Waals surface area contributed by atoms with Crippen molar-refractivity contribution >= 4 is 22.5 Å². The van der Waals surface area contributed by atoms with Crippen LogP contribution in [0.2, 0.25) is 5.02 Å². The van der Waals surface area contributed by atoms with Crippen LogP contribution >= 0.6 is 11.6 Å². The molecule has 0 aliphatic carbocycles. The largest absolute Gasteiger partial charge is 0.495 e. The average molecular weight is 373 g/mol. The number of hydrogen-bond donors (Lipinski definition) is 2. The molecule has 1 aromatic carbocycles. The van der Waals surface area contributed by atoms with E-state index in [0.717, 1.165) is 22.3 Å². The molecule has 2 N–H and O–H groups in total. The van der Waals surface area contributed by atoms with Crippen LogP contribution in [-0.2, 0) is 13.5 Å². The number of methoxy groups -OCH3 is 1. The molecule has 9 heteroatoms. The van der Waals surface area contributed by atoms with Gasteiger partial charge in [0.1, 0.15) is 17.3 Å². The molecule has 0 saturated carbocycles. The number of nitrogens with one attached hydrogen (secondary N) is 1. The molecule has 4 rings (SSSR count). The molecule has 8 nitrogen and oxygen atoms in total. The minimum absolute atomic E-state index is 0.00489. The van der Waals surface area contributed by atoms with Crippen molar-refractivity contribution < 1.29 is 9.84 Å². The minimum atomic E-state index is 0.00489. The molecule has 0 saturated heterocycles. The van der Waals surface area contributed by atoms with Crippen LogP contribution in [0.3, 0.4) is 0 Å². The maximum absolute atomic E-state index is 9.13. The summed E-state index contributed by atoms with van der Waals surface area (Å²) in [6.07, 6.45) is 5.71. The van der Waals surface area contributed by atoms with Crippen molar-refractivity contribution in [2.45, 2.75) is 6.42 Å². The molecule has 0 atom stereocenters. The summed E-state index contributed by atoms with van der Waals surface area (Å²) >= 11 is 6.33. The summed E-state index contributed by atoms with van der Waals surface area (Å²) in [5.41, 5.74) is 2.61. The molecule has 0 unspecified atom stereocenters. The van der Waals surface area contributed by atoms with E-state index in [4.69, 9.17) is 21.4 Å². The first-order valence-corrected chi connectivity index (χ1v) is 8.38. The highest BCUT2D eigenvalue weighted by atomic mass is 35.5. The first-order valence-electron chi connectivity index (χ1n) is 8.00. The van der Waals surface area contributed by atoms with Gasteiger partial charge in [0.15, 0.2) is 5.82 Å². The van der Waals surface area contributed by atoms with Gasteiger partial charge in [0.05, 0.1) is 36.3 Å². The molecule has 26 heavy (non-hydrogen) atoms. The van der Waals surface area contributed by atoms with Crippen molar-refractivity contribution in [3.05, 3.63) is 41.7 Å². The van der Waals surface area contributed by atoms with Gasteiger partial charge in [-0.05, 0) is 12.1 Å². The number of halogens is 1. The van der Waals surface area contributed by atoms with Gasteiger partial charge in [-0.25, -0.2) is 9.97 Å². The van der Waals surface area contributed by atoms with Crippen LogP contribution in [0.5, 0.6) is 5.75 Å². The van der Waals surface area contributed by atoms with Gasteiger partial charge in [-0.3, -0.25) is 5.10 Å². The van der Waals surface area contributed by atoms with E-state index in [1.54, 1.807) is 19.6 Å². The molecule has 4 aromatic rings. The SMILES string of the molecule is COc1cc2c(-n3ccnc3)c(-c3n[nH]c(CCO)n3)n(C)c2cc1Cl. The molecule has 0 amide bonds. The number of aliphatic hydroxyl groups excluding tert-OH is 1. The van der Waals surface area contributed by atoms with Gasteiger partial charge in [0.25, 0.3) is 0 Å². The lowest BCUT2D eigenvalue weighted by molar-refractivity contribution is 0.297. The van der Waals surface area contributed by atoms with E-state index in [-0.39, 0.29) is 6.61 Å². The van der Waals surface area contributed by atoms with Gasteiger partial charge < -0.3 is 19.0 Å². The normalized spacial score (nSPS) is 11.4. The fourth-order valence-electron chi connectivity index (χ4n) is 3.10. The Morgan fingerprint density at radius 1 is 1.35 bits per heavy atom. The highest BCUT2D eigenvalue weighted by molar-refractivity contribution is 6.33. The summed E-state index contributed by atoms with van der Waals surface area (Å²) in [5.74, 6) is 1.75. The maximum atomic E-state index is 9.13. The topological polar surface area (TPSA) is 93.8 Å². The number of aromatic amines is 1. The van der Waals surface area contributed by atoms with E-state index < -0.39 is 0 Å². The Morgan fingerprint density at radius 2 is 2.19 bits per heavy atom. The summed E-state index contributed by atoms with van der Waals surface area (Å²) in [4.78, 5) is 8.68. The number of aryl methyl sites for hydroxylation is 1. The van der Waals surface area contributed by atoms with Gasteiger partial charge >= 0.3 is 0 Å². The summed E-state index contributed by atoms with van der Waals surface area (Å²) in [6, 6.07) is 3.76. The molecule has 3 heterocycles. The second kappa shape index (κ2) is 6.47. The molecule has 0 aliphatic heterocycles. The molecule has 0 spiro atoms. The average Bonchev–Trinajstić information content (AvgIpc) is 3.35.